The molecule has 1 amide bonds. The quantitative estimate of drug-likeness (QED) is 0.550. The Labute approximate surface area is 187 Å². The first-order valence-corrected chi connectivity index (χ1v) is 10.5. The van der Waals surface area contributed by atoms with Gasteiger partial charge in [-0.05, 0) is 42.8 Å². The number of carbonyl (C=O) groups excluding carboxylic acids is 1. The van der Waals surface area contributed by atoms with Crippen LogP contribution in [0.3, 0.4) is 0 Å². The molecule has 0 N–H and O–H groups in total. The second-order valence-electron chi connectivity index (χ2n) is 7.56. The second-order valence-corrected chi connectivity index (χ2v) is 7.56. The number of methoxy groups -OCH3 is 1. The van der Waals surface area contributed by atoms with Crippen LogP contribution in [0.15, 0.2) is 73.1 Å². The maximum atomic E-state index is 12.7. The van der Waals surface area contributed by atoms with Crippen LogP contribution in [-0.2, 0) is 4.79 Å². The molecule has 1 saturated heterocycles. The summed E-state index contributed by atoms with van der Waals surface area (Å²) in [5.74, 6) is 2.71. The molecule has 1 fully saturated rings. The highest BCUT2D eigenvalue weighted by Crippen LogP contribution is 2.25. The van der Waals surface area contributed by atoms with Crippen molar-refractivity contribution in [2.24, 2.45) is 0 Å². The van der Waals surface area contributed by atoms with Crippen LogP contribution in [0, 0.1) is 0 Å². The molecule has 0 spiro atoms. The highest BCUT2D eigenvalue weighted by molar-refractivity contribution is 5.92. The zero-order valence-corrected chi connectivity index (χ0v) is 18.2. The van der Waals surface area contributed by atoms with Crippen molar-refractivity contribution in [3.05, 3.63) is 78.6 Å². The van der Waals surface area contributed by atoms with E-state index in [1.807, 2.05) is 71.6 Å². The molecule has 2 aromatic carbocycles. The molecule has 4 rings (SSSR count). The van der Waals surface area contributed by atoms with Crippen molar-refractivity contribution in [3.63, 3.8) is 0 Å². The van der Waals surface area contributed by atoms with Gasteiger partial charge >= 0.3 is 0 Å². The molecule has 7 heteroatoms. The van der Waals surface area contributed by atoms with Gasteiger partial charge in [0.1, 0.15) is 23.6 Å². The van der Waals surface area contributed by atoms with Crippen LogP contribution < -0.4 is 14.4 Å². The van der Waals surface area contributed by atoms with Crippen LogP contribution >= 0.6 is 0 Å². The molecule has 1 aromatic heterocycles. The number of hydrogen-bond acceptors (Lipinski definition) is 6. The Morgan fingerprint density at radius 3 is 2.50 bits per heavy atom. The van der Waals surface area contributed by atoms with Crippen LogP contribution in [-0.4, -0.2) is 53.6 Å². The van der Waals surface area contributed by atoms with Gasteiger partial charge in [-0.3, -0.25) is 4.79 Å². The molecule has 1 unspecified atom stereocenters. The third-order valence-electron chi connectivity index (χ3n) is 5.36. The number of anilines is 1. The first-order valence-electron chi connectivity index (χ1n) is 10.5. The maximum Gasteiger partial charge on any atom is 0.246 e. The van der Waals surface area contributed by atoms with Gasteiger partial charge in [0.05, 0.1) is 7.11 Å². The maximum absolute atomic E-state index is 12.7. The Kier molecular flexibility index (Phi) is 6.65. The largest absolute Gasteiger partial charge is 0.497 e. The number of nitrogens with zero attached hydrogens (tertiary/aromatic N) is 4. The fourth-order valence-electron chi connectivity index (χ4n) is 3.64. The van der Waals surface area contributed by atoms with E-state index in [4.69, 9.17) is 9.47 Å². The second kappa shape index (κ2) is 9.96. The van der Waals surface area contributed by atoms with E-state index >= 15 is 0 Å². The number of carbonyl (C=O) groups is 1. The van der Waals surface area contributed by atoms with Crippen LogP contribution in [0.1, 0.15) is 12.5 Å². The van der Waals surface area contributed by atoms with E-state index in [1.54, 1.807) is 13.2 Å². The summed E-state index contributed by atoms with van der Waals surface area (Å²) in [6.45, 7) is 4.05. The average Bonchev–Trinajstić information content (AvgIpc) is 2.84. The van der Waals surface area contributed by atoms with Gasteiger partial charge in [0.25, 0.3) is 0 Å². The highest BCUT2D eigenvalue weighted by atomic mass is 16.5. The number of hydrogen-bond donors (Lipinski definition) is 0. The predicted octanol–water partition coefficient (Wildman–Crippen LogP) is 4.03. The topological polar surface area (TPSA) is 67.8 Å². The summed E-state index contributed by atoms with van der Waals surface area (Å²) in [6.07, 6.45) is 5.00. The molecule has 1 atom stereocenters. The normalized spacial score (nSPS) is 16.2. The SMILES string of the molecule is COc1ccc(Oc2cc(N3CCN(C(=O)/C=C/c4ccccc4)C(C)C3)ncn2)cc1. The van der Waals surface area contributed by atoms with Crippen molar-refractivity contribution in [3.8, 4) is 17.4 Å². The minimum Gasteiger partial charge on any atom is -0.497 e. The van der Waals surface area contributed by atoms with Gasteiger partial charge in [0, 0.05) is 37.8 Å². The van der Waals surface area contributed by atoms with Gasteiger partial charge in [0.2, 0.25) is 11.8 Å². The molecule has 32 heavy (non-hydrogen) atoms. The Balaban J connectivity index is 1.38. The third kappa shape index (κ3) is 5.24. The Morgan fingerprint density at radius 2 is 1.78 bits per heavy atom. The molecule has 0 bridgehead atoms. The van der Waals surface area contributed by atoms with Crippen molar-refractivity contribution >= 4 is 17.8 Å². The minimum absolute atomic E-state index is 0.0206. The third-order valence-corrected chi connectivity index (χ3v) is 5.36. The lowest BCUT2D eigenvalue weighted by Crippen LogP contribution is -2.54. The summed E-state index contributed by atoms with van der Waals surface area (Å²) in [6, 6.07) is 19.0. The van der Waals surface area contributed by atoms with Gasteiger partial charge in [-0.25, -0.2) is 9.97 Å². The molecule has 7 nitrogen and oxygen atoms in total. The van der Waals surface area contributed by atoms with Gasteiger partial charge in [-0.1, -0.05) is 30.3 Å². The number of aromatic nitrogens is 2. The van der Waals surface area contributed by atoms with E-state index in [0.29, 0.717) is 31.3 Å². The monoisotopic (exact) mass is 430 g/mol. The zero-order valence-electron chi connectivity index (χ0n) is 18.2. The Hall–Kier alpha value is -3.87. The zero-order chi connectivity index (χ0) is 22.3. The molecule has 1 aliphatic heterocycles. The van der Waals surface area contributed by atoms with Crippen molar-refractivity contribution in [1.29, 1.82) is 0 Å². The van der Waals surface area contributed by atoms with Gasteiger partial charge < -0.3 is 19.3 Å². The molecule has 2 heterocycles. The van der Waals surface area contributed by atoms with E-state index < -0.39 is 0 Å². The number of rotatable bonds is 6. The molecule has 1 aliphatic rings. The fourth-order valence-corrected chi connectivity index (χ4v) is 3.64. The van der Waals surface area contributed by atoms with Gasteiger partial charge in [-0.2, -0.15) is 0 Å². The van der Waals surface area contributed by atoms with Gasteiger partial charge in [0.15, 0.2) is 0 Å². The van der Waals surface area contributed by atoms with E-state index in [2.05, 4.69) is 21.8 Å². The highest BCUT2D eigenvalue weighted by Gasteiger charge is 2.27. The fraction of sp³-hybridized carbons (Fsp3) is 0.240. The van der Waals surface area contributed by atoms with Crippen molar-refractivity contribution in [1.82, 2.24) is 14.9 Å². The predicted molar refractivity (Wildman–Crippen MR) is 124 cm³/mol. The average molecular weight is 431 g/mol. The molecule has 164 valence electrons. The number of amides is 1. The van der Waals surface area contributed by atoms with E-state index in [1.165, 1.54) is 6.33 Å². The summed E-state index contributed by atoms with van der Waals surface area (Å²) >= 11 is 0. The molecule has 0 saturated carbocycles. The number of benzene rings is 2. The lowest BCUT2D eigenvalue weighted by Gasteiger charge is -2.40. The van der Waals surface area contributed by atoms with Crippen molar-refractivity contribution in [2.75, 3.05) is 31.6 Å². The smallest absolute Gasteiger partial charge is 0.246 e. The van der Waals surface area contributed by atoms with Crippen LogP contribution in [0.2, 0.25) is 0 Å². The Morgan fingerprint density at radius 1 is 1.03 bits per heavy atom. The number of piperazine rings is 1. The summed E-state index contributed by atoms with van der Waals surface area (Å²) in [5, 5.41) is 0. The van der Waals surface area contributed by atoms with Crippen LogP contribution in [0.5, 0.6) is 17.4 Å². The molecule has 3 aromatic rings. The summed E-state index contributed by atoms with van der Waals surface area (Å²) < 4.78 is 11.0. The van der Waals surface area contributed by atoms with E-state index in [-0.39, 0.29) is 11.9 Å². The number of ether oxygens (including phenoxy) is 2. The first kappa shape index (κ1) is 21.4. The molecule has 0 aliphatic carbocycles. The standard InChI is InChI=1S/C25H26N4O3/c1-19-17-28(14-15-29(19)25(30)13-8-20-6-4-3-5-7-20)23-16-24(27-18-26-23)32-22-11-9-21(31-2)10-12-22/h3-13,16,18-19H,14-15,17H2,1-2H3/b13-8+. The summed E-state index contributed by atoms with van der Waals surface area (Å²) in [5.41, 5.74) is 1.01. The van der Waals surface area contributed by atoms with Gasteiger partial charge in [-0.15, -0.1) is 0 Å². The lowest BCUT2D eigenvalue weighted by atomic mass is 10.1. The molecular weight excluding hydrogens is 404 g/mol. The Bertz CT molecular complexity index is 1070. The summed E-state index contributed by atoms with van der Waals surface area (Å²) in [4.78, 5) is 25.4. The van der Waals surface area contributed by atoms with Crippen LogP contribution in [0.4, 0.5) is 5.82 Å². The molecular formula is C25H26N4O3. The first-order chi connectivity index (χ1) is 15.6. The van der Waals surface area contributed by atoms with E-state index in [9.17, 15) is 4.79 Å². The van der Waals surface area contributed by atoms with Crippen molar-refractivity contribution in [2.45, 2.75) is 13.0 Å². The lowest BCUT2D eigenvalue weighted by molar-refractivity contribution is -0.128. The van der Waals surface area contributed by atoms with E-state index in [0.717, 1.165) is 17.1 Å². The van der Waals surface area contributed by atoms with Crippen molar-refractivity contribution < 1.29 is 14.3 Å². The minimum atomic E-state index is 0.0206. The molecule has 0 radical (unpaired) electrons. The van der Waals surface area contributed by atoms with Crippen LogP contribution in [0.25, 0.3) is 6.08 Å². The summed E-state index contributed by atoms with van der Waals surface area (Å²) in [7, 11) is 1.63.